The summed E-state index contributed by atoms with van der Waals surface area (Å²) in [5.41, 5.74) is 1.94. The molecule has 0 aromatic heterocycles. The van der Waals surface area contributed by atoms with Gasteiger partial charge in [-0.1, -0.05) is 29.3 Å². The molecule has 158 valence electrons. The van der Waals surface area contributed by atoms with E-state index < -0.39 is 10.2 Å². The maximum Gasteiger partial charge on any atom is 0.303 e. The van der Waals surface area contributed by atoms with Gasteiger partial charge in [0.2, 0.25) is 0 Å². The van der Waals surface area contributed by atoms with Crippen LogP contribution in [0.4, 0.5) is 5.69 Å². The fraction of sp³-hybridized carbons (Fsp3) is 0.316. The molecule has 0 spiro atoms. The van der Waals surface area contributed by atoms with Gasteiger partial charge in [-0.05, 0) is 42.0 Å². The summed E-state index contributed by atoms with van der Waals surface area (Å²) in [4.78, 5) is 12.3. The Kier molecular flexibility index (Phi) is 8.66. The highest BCUT2D eigenvalue weighted by molar-refractivity contribution is 7.98. The first-order valence-corrected chi connectivity index (χ1v) is 12.0. The van der Waals surface area contributed by atoms with Crippen LogP contribution in [0.1, 0.15) is 15.9 Å². The summed E-state index contributed by atoms with van der Waals surface area (Å²) in [6, 6.07) is 11.8. The minimum atomic E-state index is -3.57. The van der Waals surface area contributed by atoms with Crippen LogP contribution in [-0.2, 0) is 16.0 Å². The number of rotatable bonds is 9. The largest absolute Gasteiger partial charge is 0.351 e. The van der Waals surface area contributed by atoms with Gasteiger partial charge in [0, 0.05) is 54.8 Å². The van der Waals surface area contributed by atoms with Crippen molar-refractivity contribution in [2.75, 3.05) is 37.7 Å². The molecule has 2 aromatic rings. The monoisotopic (exact) mass is 475 g/mol. The molecule has 0 aliphatic carbocycles. The van der Waals surface area contributed by atoms with Crippen molar-refractivity contribution in [3.8, 4) is 0 Å². The number of amides is 1. The number of anilines is 1. The first-order chi connectivity index (χ1) is 13.6. The van der Waals surface area contributed by atoms with Crippen molar-refractivity contribution in [2.45, 2.75) is 5.75 Å². The van der Waals surface area contributed by atoms with E-state index in [1.165, 1.54) is 21.1 Å². The highest BCUT2D eigenvalue weighted by atomic mass is 35.5. The Hall–Kier alpha value is -1.45. The second-order valence-corrected chi connectivity index (χ2v) is 10.5. The summed E-state index contributed by atoms with van der Waals surface area (Å²) >= 11 is 13.7. The molecule has 0 heterocycles. The minimum absolute atomic E-state index is 0.209. The highest BCUT2D eigenvalue weighted by Crippen LogP contribution is 2.24. The molecule has 0 bridgehead atoms. The molecule has 0 aliphatic heterocycles. The van der Waals surface area contributed by atoms with Crippen LogP contribution in [0, 0.1) is 0 Å². The lowest BCUT2D eigenvalue weighted by Crippen LogP contribution is -2.37. The Morgan fingerprint density at radius 3 is 2.31 bits per heavy atom. The molecule has 0 saturated carbocycles. The predicted octanol–water partition coefficient (Wildman–Crippen LogP) is 3.90. The summed E-state index contributed by atoms with van der Waals surface area (Å²) in [7, 11) is 0.831. The van der Waals surface area contributed by atoms with Gasteiger partial charge in [0.15, 0.2) is 0 Å². The van der Waals surface area contributed by atoms with Gasteiger partial charge in [0.05, 0.1) is 5.69 Å². The highest BCUT2D eigenvalue weighted by Gasteiger charge is 2.21. The summed E-state index contributed by atoms with van der Waals surface area (Å²) in [5, 5.41) is 4.09. The van der Waals surface area contributed by atoms with Crippen molar-refractivity contribution >= 4 is 56.8 Å². The molecule has 0 atom stereocenters. The van der Waals surface area contributed by atoms with Crippen LogP contribution in [-0.4, -0.2) is 52.1 Å². The molecule has 0 radical (unpaired) electrons. The Morgan fingerprint density at radius 1 is 1.07 bits per heavy atom. The number of nitrogens with zero attached hydrogens (tertiary/aromatic N) is 2. The third-order valence-electron chi connectivity index (χ3n) is 4.11. The number of nitrogens with one attached hydrogen (secondary N) is 1. The molecule has 2 aromatic carbocycles. The van der Waals surface area contributed by atoms with Crippen molar-refractivity contribution in [1.82, 2.24) is 9.62 Å². The van der Waals surface area contributed by atoms with Crippen LogP contribution in [0.3, 0.4) is 0 Å². The predicted molar refractivity (Wildman–Crippen MR) is 122 cm³/mol. The molecule has 10 heteroatoms. The van der Waals surface area contributed by atoms with E-state index in [-0.39, 0.29) is 5.91 Å². The Morgan fingerprint density at radius 2 is 1.72 bits per heavy atom. The summed E-state index contributed by atoms with van der Waals surface area (Å²) in [6.45, 7) is 0.505. The molecule has 0 saturated heterocycles. The molecule has 0 unspecified atom stereocenters. The maximum absolute atomic E-state index is 12.3. The van der Waals surface area contributed by atoms with Gasteiger partial charge in [-0.25, -0.2) is 0 Å². The SMILES string of the molecule is CN(C)S(=O)(=O)N(C)c1ccc(C(=O)NCCSCc2ccc(Cl)cc2Cl)cc1. The van der Waals surface area contributed by atoms with E-state index in [1.54, 1.807) is 48.2 Å². The Balaban J connectivity index is 1.82. The molecule has 6 nitrogen and oxygen atoms in total. The van der Waals surface area contributed by atoms with Gasteiger partial charge in [0.25, 0.3) is 5.91 Å². The number of hydrogen-bond donors (Lipinski definition) is 1. The lowest BCUT2D eigenvalue weighted by Gasteiger charge is -2.23. The molecule has 1 amide bonds. The van der Waals surface area contributed by atoms with Gasteiger partial charge in [-0.3, -0.25) is 9.10 Å². The average Bonchev–Trinajstić information content (AvgIpc) is 2.68. The quantitative estimate of drug-likeness (QED) is 0.558. The summed E-state index contributed by atoms with van der Waals surface area (Å²) < 4.78 is 26.6. The van der Waals surface area contributed by atoms with Crippen LogP contribution in [0.15, 0.2) is 42.5 Å². The molecule has 2 rings (SSSR count). The van der Waals surface area contributed by atoms with E-state index in [4.69, 9.17) is 23.2 Å². The van der Waals surface area contributed by atoms with Crippen molar-refractivity contribution < 1.29 is 13.2 Å². The number of halogens is 2. The standard InChI is InChI=1S/C19H23Cl2N3O3S2/c1-23(2)29(26,27)24(3)17-8-5-14(6-9-17)19(25)22-10-11-28-13-15-4-7-16(20)12-18(15)21/h4-9,12H,10-11,13H2,1-3H3,(H,22,25). The van der Waals surface area contributed by atoms with E-state index in [2.05, 4.69) is 5.32 Å². The molecule has 0 aliphatic rings. The van der Waals surface area contributed by atoms with Gasteiger partial charge in [-0.15, -0.1) is 0 Å². The van der Waals surface area contributed by atoms with Crippen molar-refractivity contribution in [2.24, 2.45) is 0 Å². The Labute approximate surface area is 186 Å². The normalized spacial score (nSPS) is 11.5. The van der Waals surface area contributed by atoms with Crippen LogP contribution < -0.4 is 9.62 Å². The van der Waals surface area contributed by atoms with E-state index in [0.717, 1.165) is 25.7 Å². The second-order valence-electron chi connectivity index (χ2n) is 6.35. The van der Waals surface area contributed by atoms with E-state index in [1.807, 2.05) is 6.07 Å². The third-order valence-corrected chi connectivity index (χ3v) is 7.53. The molecular formula is C19H23Cl2N3O3S2. The fourth-order valence-corrected chi connectivity index (χ4v) is 4.66. The number of hydrogen-bond acceptors (Lipinski definition) is 4. The van der Waals surface area contributed by atoms with Gasteiger partial charge in [-0.2, -0.15) is 24.5 Å². The van der Waals surface area contributed by atoms with E-state index in [9.17, 15) is 13.2 Å². The van der Waals surface area contributed by atoms with E-state index in [0.29, 0.717) is 27.8 Å². The van der Waals surface area contributed by atoms with Crippen LogP contribution in [0.5, 0.6) is 0 Å². The number of thioether (sulfide) groups is 1. The first kappa shape index (κ1) is 23.8. The fourth-order valence-electron chi connectivity index (χ4n) is 2.36. The summed E-state index contributed by atoms with van der Waals surface area (Å²) in [5.74, 6) is 1.25. The van der Waals surface area contributed by atoms with Crippen LogP contribution in [0.2, 0.25) is 10.0 Å². The van der Waals surface area contributed by atoms with Crippen molar-refractivity contribution in [3.05, 3.63) is 63.6 Å². The lowest BCUT2D eigenvalue weighted by atomic mass is 10.2. The summed E-state index contributed by atoms with van der Waals surface area (Å²) in [6.07, 6.45) is 0. The van der Waals surface area contributed by atoms with Gasteiger partial charge >= 0.3 is 10.2 Å². The molecule has 0 fully saturated rings. The third kappa shape index (κ3) is 6.52. The number of carbonyl (C=O) groups excluding carboxylic acids is 1. The van der Waals surface area contributed by atoms with Gasteiger partial charge < -0.3 is 5.32 Å². The Bertz CT molecular complexity index is 952. The van der Waals surface area contributed by atoms with Gasteiger partial charge in [0.1, 0.15) is 0 Å². The lowest BCUT2D eigenvalue weighted by molar-refractivity contribution is 0.0956. The number of benzene rings is 2. The molecule has 29 heavy (non-hydrogen) atoms. The minimum Gasteiger partial charge on any atom is -0.351 e. The topological polar surface area (TPSA) is 69.7 Å². The van der Waals surface area contributed by atoms with Crippen molar-refractivity contribution in [1.29, 1.82) is 0 Å². The van der Waals surface area contributed by atoms with Crippen LogP contribution in [0.25, 0.3) is 0 Å². The zero-order valence-corrected chi connectivity index (χ0v) is 19.5. The molecular weight excluding hydrogens is 453 g/mol. The first-order valence-electron chi connectivity index (χ1n) is 8.69. The number of carbonyl (C=O) groups is 1. The smallest absolute Gasteiger partial charge is 0.303 e. The molecule has 1 N–H and O–H groups in total. The van der Waals surface area contributed by atoms with Crippen molar-refractivity contribution in [3.63, 3.8) is 0 Å². The maximum atomic E-state index is 12.3. The van der Waals surface area contributed by atoms with E-state index >= 15 is 0 Å². The van der Waals surface area contributed by atoms with Crippen LogP contribution >= 0.6 is 35.0 Å². The zero-order valence-electron chi connectivity index (χ0n) is 16.4. The average molecular weight is 476 g/mol. The second kappa shape index (κ2) is 10.5. The zero-order chi connectivity index (χ0) is 21.6.